The second-order valence-electron chi connectivity index (χ2n) is 7.88. The lowest BCUT2D eigenvalue weighted by atomic mass is 10.0. The number of carbonyl (C=O) groups is 1. The zero-order valence-electron chi connectivity index (χ0n) is 18.0. The molecule has 0 radical (unpaired) electrons. The lowest BCUT2D eigenvalue weighted by Gasteiger charge is -2.14. The van der Waals surface area contributed by atoms with Gasteiger partial charge in [0.2, 0.25) is 0 Å². The molecule has 154 valence electrons. The molecular weight excluding hydrogens is 376 g/mol. The van der Waals surface area contributed by atoms with Gasteiger partial charge in [0.05, 0.1) is 29.5 Å². The third-order valence-corrected chi connectivity index (χ3v) is 5.49. The van der Waals surface area contributed by atoms with Crippen molar-refractivity contribution in [3.63, 3.8) is 0 Å². The van der Waals surface area contributed by atoms with Crippen molar-refractivity contribution >= 4 is 17.0 Å². The number of aryl methyl sites for hydroxylation is 4. The fourth-order valence-electron chi connectivity index (χ4n) is 3.76. The quantitative estimate of drug-likeness (QED) is 0.463. The number of carbonyl (C=O) groups excluding carboxylic acids is 1. The minimum Gasteiger partial charge on any atom is -0.457 e. The van der Waals surface area contributed by atoms with Gasteiger partial charge in [0.15, 0.2) is 0 Å². The Kier molecular flexibility index (Phi) is 5.16. The molecule has 0 aliphatic rings. The van der Waals surface area contributed by atoms with E-state index in [9.17, 15) is 4.79 Å². The maximum atomic E-state index is 12.6. The zero-order chi connectivity index (χ0) is 21.4. The van der Waals surface area contributed by atoms with Gasteiger partial charge < -0.3 is 9.30 Å². The highest BCUT2D eigenvalue weighted by molar-refractivity contribution is 5.77. The highest BCUT2D eigenvalue weighted by Gasteiger charge is 2.17. The SMILES string of the molecule is Cc1ccc(-c2cc(CC(=O)OC(C)c3ccc4c(c3)ncn4C)n(C)n2)c(C)c1. The number of hydrogen-bond donors (Lipinski definition) is 0. The topological polar surface area (TPSA) is 61.9 Å². The standard InChI is InChI=1S/C24H26N4O2/c1-15-6-8-20(16(2)10-15)21-12-19(28(5)26-21)13-24(29)30-17(3)18-7-9-23-22(11-18)25-14-27(23)4/h6-12,14,17H,13H2,1-5H3. The van der Waals surface area contributed by atoms with E-state index in [1.165, 1.54) is 11.1 Å². The van der Waals surface area contributed by atoms with E-state index in [1.54, 1.807) is 11.0 Å². The maximum Gasteiger partial charge on any atom is 0.312 e. The van der Waals surface area contributed by atoms with E-state index in [0.717, 1.165) is 33.5 Å². The minimum absolute atomic E-state index is 0.171. The first kappa shape index (κ1) is 19.9. The number of esters is 1. The summed E-state index contributed by atoms with van der Waals surface area (Å²) < 4.78 is 9.41. The molecule has 0 aliphatic carbocycles. The molecule has 1 unspecified atom stereocenters. The molecule has 2 heterocycles. The summed E-state index contributed by atoms with van der Waals surface area (Å²) in [6.45, 7) is 6.03. The van der Waals surface area contributed by atoms with Gasteiger partial charge in [0.1, 0.15) is 6.10 Å². The van der Waals surface area contributed by atoms with Crippen LogP contribution in [0, 0.1) is 13.8 Å². The number of benzene rings is 2. The van der Waals surface area contributed by atoms with E-state index >= 15 is 0 Å². The van der Waals surface area contributed by atoms with Crippen molar-refractivity contribution in [2.45, 2.75) is 33.3 Å². The monoisotopic (exact) mass is 402 g/mol. The number of ether oxygens (including phenoxy) is 1. The van der Waals surface area contributed by atoms with Crippen LogP contribution in [0.25, 0.3) is 22.3 Å². The summed E-state index contributed by atoms with van der Waals surface area (Å²) in [4.78, 5) is 17.0. The van der Waals surface area contributed by atoms with Crippen molar-refractivity contribution < 1.29 is 9.53 Å². The van der Waals surface area contributed by atoms with E-state index in [-0.39, 0.29) is 18.5 Å². The summed E-state index contributed by atoms with van der Waals surface area (Å²) in [6.07, 6.45) is 1.60. The van der Waals surface area contributed by atoms with E-state index in [0.29, 0.717) is 0 Å². The summed E-state index contributed by atoms with van der Waals surface area (Å²) in [7, 11) is 3.81. The van der Waals surface area contributed by atoms with Gasteiger partial charge in [-0.15, -0.1) is 0 Å². The molecule has 0 fully saturated rings. The number of rotatable bonds is 5. The number of aromatic nitrogens is 4. The molecule has 0 bridgehead atoms. The molecule has 1 atom stereocenters. The average molecular weight is 402 g/mol. The van der Waals surface area contributed by atoms with Gasteiger partial charge in [0, 0.05) is 25.4 Å². The highest BCUT2D eigenvalue weighted by atomic mass is 16.5. The molecule has 0 saturated heterocycles. The van der Waals surface area contributed by atoms with Crippen molar-refractivity contribution in [1.82, 2.24) is 19.3 Å². The fourth-order valence-corrected chi connectivity index (χ4v) is 3.76. The Morgan fingerprint density at radius 2 is 1.90 bits per heavy atom. The van der Waals surface area contributed by atoms with Crippen molar-refractivity contribution in [3.8, 4) is 11.3 Å². The molecule has 0 aliphatic heterocycles. The lowest BCUT2D eigenvalue weighted by molar-refractivity contribution is -0.147. The van der Waals surface area contributed by atoms with E-state index in [2.05, 4.69) is 42.1 Å². The summed E-state index contributed by atoms with van der Waals surface area (Å²) in [5, 5.41) is 4.60. The van der Waals surface area contributed by atoms with Crippen LogP contribution >= 0.6 is 0 Å². The van der Waals surface area contributed by atoms with Crippen LogP contribution in [0.4, 0.5) is 0 Å². The zero-order valence-corrected chi connectivity index (χ0v) is 18.0. The van der Waals surface area contributed by atoms with Gasteiger partial charge in [-0.2, -0.15) is 5.10 Å². The predicted molar refractivity (Wildman–Crippen MR) is 117 cm³/mol. The van der Waals surface area contributed by atoms with Crippen LogP contribution in [-0.2, 0) is 30.0 Å². The van der Waals surface area contributed by atoms with E-state index < -0.39 is 0 Å². The van der Waals surface area contributed by atoms with Crippen LogP contribution in [0.3, 0.4) is 0 Å². The van der Waals surface area contributed by atoms with Crippen molar-refractivity contribution in [2.24, 2.45) is 14.1 Å². The van der Waals surface area contributed by atoms with Gasteiger partial charge in [-0.1, -0.05) is 29.8 Å². The fraction of sp³-hybridized carbons (Fsp3) is 0.292. The third kappa shape index (κ3) is 3.85. The lowest BCUT2D eigenvalue weighted by Crippen LogP contribution is -2.13. The summed E-state index contributed by atoms with van der Waals surface area (Å²) in [5.41, 5.74) is 8.01. The molecule has 0 N–H and O–H groups in total. The Hall–Kier alpha value is -3.41. The van der Waals surface area contributed by atoms with Gasteiger partial charge >= 0.3 is 5.97 Å². The first-order valence-electron chi connectivity index (χ1n) is 10.0. The molecule has 0 amide bonds. The maximum absolute atomic E-state index is 12.6. The number of imidazole rings is 1. The molecule has 2 aromatic carbocycles. The normalized spacial score (nSPS) is 12.3. The second kappa shape index (κ2) is 7.78. The first-order valence-corrected chi connectivity index (χ1v) is 10.0. The van der Waals surface area contributed by atoms with Crippen LogP contribution in [-0.4, -0.2) is 25.3 Å². The van der Waals surface area contributed by atoms with Gasteiger partial charge in [0.25, 0.3) is 0 Å². The molecule has 4 rings (SSSR count). The Labute approximate surface area is 176 Å². The Morgan fingerprint density at radius 3 is 2.67 bits per heavy atom. The largest absolute Gasteiger partial charge is 0.457 e. The first-order chi connectivity index (χ1) is 14.3. The number of fused-ring (bicyclic) bond motifs is 1. The van der Waals surface area contributed by atoms with Crippen molar-refractivity contribution in [1.29, 1.82) is 0 Å². The van der Waals surface area contributed by atoms with Crippen molar-refractivity contribution in [3.05, 3.63) is 71.2 Å². The molecule has 4 aromatic rings. The minimum atomic E-state index is -0.351. The van der Waals surface area contributed by atoms with Gasteiger partial charge in [-0.25, -0.2) is 4.98 Å². The molecule has 30 heavy (non-hydrogen) atoms. The molecule has 0 spiro atoms. The van der Waals surface area contributed by atoms with Crippen LogP contribution in [0.15, 0.2) is 48.8 Å². The molecule has 6 heteroatoms. The molecule has 6 nitrogen and oxygen atoms in total. The second-order valence-corrected chi connectivity index (χ2v) is 7.88. The Morgan fingerprint density at radius 1 is 1.10 bits per heavy atom. The van der Waals surface area contributed by atoms with Crippen molar-refractivity contribution in [2.75, 3.05) is 0 Å². The summed E-state index contributed by atoms with van der Waals surface area (Å²) >= 11 is 0. The van der Waals surface area contributed by atoms with E-state index in [4.69, 9.17) is 4.74 Å². The summed E-state index contributed by atoms with van der Waals surface area (Å²) in [5.74, 6) is -0.279. The molecule has 0 saturated carbocycles. The van der Waals surface area contributed by atoms with Crippen LogP contribution in [0.1, 0.15) is 35.4 Å². The van der Waals surface area contributed by atoms with E-state index in [1.807, 2.05) is 49.9 Å². The number of nitrogens with zero attached hydrogens (tertiary/aromatic N) is 4. The van der Waals surface area contributed by atoms with Gasteiger partial charge in [-0.05, 0) is 50.1 Å². The highest BCUT2D eigenvalue weighted by Crippen LogP contribution is 2.25. The van der Waals surface area contributed by atoms with Gasteiger partial charge in [-0.3, -0.25) is 9.48 Å². The Balaban J connectivity index is 1.47. The molecular formula is C24H26N4O2. The van der Waals surface area contributed by atoms with Crippen LogP contribution in [0.2, 0.25) is 0 Å². The Bertz CT molecular complexity index is 1240. The third-order valence-electron chi connectivity index (χ3n) is 5.49. The average Bonchev–Trinajstić information content (AvgIpc) is 3.24. The van der Waals surface area contributed by atoms with Crippen LogP contribution < -0.4 is 0 Å². The number of hydrogen-bond acceptors (Lipinski definition) is 4. The molecule has 2 aromatic heterocycles. The predicted octanol–water partition coefficient (Wildman–Crippen LogP) is 4.44. The summed E-state index contributed by atoms with van der Waals surface area (Å²) in [6, 6.07) is 14.2. The smallest absolute Gasteiger partial charge is 0.312 e. The van der Waals surface area contributed by atoms with Crippen LogP contribution in [0.5, 0.6) is 0 Å².